The van der Waals surface area contributed by atoms with Crippen molar-refractivity contribution in [1.29, 1.82) is 0 Å². The maximum absolute atomic E-state index is 5.78. The Bertz CT molecular complexity index is 405. The Hall–Kier alpha value is -1.22. The standard InChI is InChI=1S/C14H20N2O/c1-2-17-13-6-3-5-11-9-12-10-15-7-4-8-16(12)14(11)13/h3,5-6,12,15H,2,4,7-10H2,1H3. The number of nitrogens with zero attached hydrogens (tertiary/aromatic N) is 1. The third-order valence-corrected chi connectivity index (χ3v) is 3.70. The van der Waals surface area contributed by atoms with Gasteiger partial charge < -0.3 is 15.0 Å². The van der Waals surface area contributed by atoms with Crippen LogP contribution in [-0.2, 0) is 6.42 Å². The van der Waals surface area contributed by atoms with Crippen LogP contribution in [0.3, 0.4) is 0 Å². The van der Waals surface area contributed by atoms with E-state index in [9.17, 15) is 0 Å². The summed E-state index contributed by atoms with van der Waals surface area (Å²) in [5.74, 6) is 1.06. The number of benzene rings is 1. The monoisotopic (exact) mass is 232 g/mol. The van der Waals surface area contributed by atoms with E-state index in [-0.39, 0.29) is 0 Å². The van der Waals surface area contributed by atoms with Gasteiger partial charge in [-0.1, -0.05) is 12.1 Å². The summed E-state index contributed by atoms with van der Waals surface area (Å²) in [5.41, 5.74) is 2.80. The summed E-state index contributed by atoms with van der Waals surface area (Å²) in [6.07, 6.45) is 2.37. The molecule has 0 aromatic heterocycles. The fourth-order valence-electron chi connectivity index (χ4n) is 3.00. The maximum Gasteiger partial charge on any atom is 0.142 e. The molecule has 2 heterocycles. The zero-order chi connectivity index (χ0) is 11.7. The van der Waals surface area contributed by atoms with Crippen LogP contribution in [0.1, 0.15) is 18.9 Å². The van der Waals surface area contributed by atoms with Gasteiger partial charge in [-0.15, -0.1) is 0 Å². The number of fused-ring (bicyclic) bond motifs is 3. The van der Waals surface area contributed by atoms with Crippen LogP contribution in [0.5, 0.6) is 5.75 Å². The number of hydrogen-bond acceptors (Lipinski definition) is 3. The van der Waals surface area contributed by atoms with E-state index in [1.165, 1.54) is 17.7 Å². The average Bonchev–Trinajstić information content (AvgIpc) is 2.54. The molecule has 1 aromatic rings. The lowest BCUT2D eigenvalue weighted by molar-refractivity contribution is 0.340. The smallest absolute Gasteiger partial charge is 0.142 e. The Morgan fingerprint density at radius 3 is 3.29 bits per heavy atom. The normalized spacial score (nSPS) is 22.9. The zero-order valence-electron chi connectivity index (χ0n) is 10.4. The Balaban J connectivity index is 1.97. The lowest BCUT2D eigenvalue weighted by Crippen LogP contribution is -2.37. The van der Waals surface area contributed by atoms with E-state index < -0.39 is 0 Å². The summed E-state index contributed by atoms with van der Waals surface area (Å²) in [6, 6.07) is 7.08. The quantitative estimate of drug-likeness (QED) is 0.841. The molecule has 17 heavy (non-hydrogen) atoms. The van der Waals surface area contributed by atoms with E-state index in [0.29, 0.717) is 6.04 Å². The molecule has 1 N–H and O–H groups in total. The zero-order valence-corrected chi connectivity index (χ0v) is 10.4. The van der Waals surface area contributed by atoms with Crippen LogP contribution in [0.25, 0.3) is 0 Å². The molecule has 0 aliphatic carbocycles. The molecule has 1 saturated heterocycles. The van der Waals surface area contributed by atoms with Crippen molar-refractivity contribution < 1.29 is 4.74 Å². The largest absolute Gasteiger partial charge is 0.492 e. The van der Waals surface area contributed by atoms with E-state index in [1.807, 2.05) is 0 Å². The van der Waals surface area contributed by atoms with Gasteiger partial charge in [-0.2, -0.15) is 0 Å². The molecule has 1 fully saturated rings. The molecule has 3 heteroatoms. The predicted octanol–water partition coefficient (Wildman–Crippen LogP) is 1.81. The number of nitrogens with one attached hydrogen (secondary N) is 1. The van der Waals surface area contributed by atoms with Gasteiger partial charge in [0, 0.05) is 19.1 Å². The molecular weight excluding hydrogens is 212 g/mol. The SMILES string of the molecule is CCOc1cccc2c1N1CCCNCC1C2. The van der Waals surface area contributed by atoms with Crippen LogP contribution in [0.15, 0.2) is 18.2 Å². The van der Waals surface area contributed by atoms with E-state index in [2.05, 4.69) is 35.3 Å². The fraction of sp³-hybridized carbons (Fsp3) is 0.571. The van der Waals surface area contributed by atoms with Crippen LogP contribution in [-0.4, -0.2) is 32.3 Å². The average molecular weight is 232 g/mol. The van der Waals surface area contributed by atoms with Crippen molar-refractivity contribution in [2.24, 2.45) is 0 Å². The lowest BCUT2D eigenvalue weighted by atomic mass is 10.1. The van der Waals surface area contributed by atoms with Crippen molar-refractivity contribution in [3.8, 4) is 5.75 Å². The van der Waals surface area contributed by atoms with Gasteiger partial charge in [-0.05, 0) is 37.9 Å². The minimum absolute atomic E-state index is 0.620. The van der Waals surface area contributed by atoms with Crippen LogP contribution in [0, 0.1) is 0 Å². The summed E-state index contributed by atoms with van der Waals surface area (Å²) >= 11 is 0. The molecule has 2 aliphatic heterocycles. The van der Waals surface area contributed by atoms with Gasteiger partial charge in [0.1, 0.15) is 5.75 Å². The maximum atomic E-state index is 5.78. The first kappa shape index (κ1) is 10.9. The van der Waals surface area contributed by atoms with Crippen molar-refractivity contribution in [2.45, 2.75) is 25.8 Å². The molecule has 1 atom stereocenters. The van der Waals surface area contributed by atoms with E-state index in [0.717, 1.165) is 38.4 Å². The number of para-hydroxylation sites is 1. The molecule has 0 bridgehead atoms. The second-order valence-corrected chi connectivity index (χ2v) is 4.81. The summed E-state index contributed by atoms with van der Waals surface area (Å²) < 4.78 is 5.78. The fourth-order valence-corrected chi connectivity index (χ4v) is 3.00. The molecule has 1 unspecified atom stereocenters. The highest BCUT2D eigenvalue weighted by molar-refractivity contribution is 5.68. The first-order valence-electron chi connectivity index (χ1n) is 6.62. The highest BCUT2D eigenvalue weighted by Crippen LogP contribution is 2.40. The minimum Gasteiger partial charge on any atom is -0.492 e. The highest BCUT2D eigenvalue weighted by atomic mass is 16.5. The van der Waals surface area contributed by atoms with Crippen molar-refractivity contribution in [2.75, 3.05) is 31.1 Å². The molecule has 92 valence electrons. The van der Waals surface area contributed by atoms with Gasteiger partial charge in [0.2, 0.25) is 0 Å². The van der Waals surface area contributed by atoms with Crippen LogP contribution >= 0.6 is 0 Å². The molecule has 2 aliphatic rings. The van der Waals surface area contributed by atoms with Crippen molar-refractivity contribution >= 4 is 5.69 Å². The number of anilines is 1. The Kier molecular flexibility index (Phi) is 2.93. The third kappa shape index (κ3) is 1.89. The second-order valence-electron chi connectivity index (χ2n) is 4.81. The third-order valence-electron chi connectivity index (χ3n) is 3.70. The highest BCUT2D eigenvalue weighted by Gasteiger charge is 2.32. The lowest BCUT2D eigenvalue weighted by Gasteiger charge is -2.26. The molecule has 0 saturated carbocycles. The van der Waals surface area contributed by atoms with Gasteiger partial charge in [0.25, 0.3) is 0 Å². The number of hydrogen-bond donors (Lipinski definition) is 1. The molecule has 0 spiro atoms. The topological polar surface area (TPSA) is 24.5 Å². The second kappa shape index (κ2) is 4.57. The summed E-state index contributed by atoms with van der Waals surface area (Å²) in [4.78, 5) is 2.54. The summed E-state index contributed by atoms with van der Waals surface area (Å²) in [7, 11) is 0. The summed E-state index contributed by atoms with van der Waals surface area (Å²) in [6.45, 7) is 6.18. The van der Waals surface area contributed by atoms with E-state index >= 15 is 0 Å². The van der Waals surface area contributed by atoms with E-state index in [4.69, 9.17) is 4.74 Å². The molecule has 0 amide bonds. The Morgan fingerprint density at radius 2 is 2.41 bits per heavy atom. The van der Waals surface area contributed by atoms with Gasteiger partial charge in [0.05, 0.1) is 12.3 Å². The van der Waals surface area contributed by atoms with Crippen LogP contribution in [0.4, 0.5) is 5.69 Å². The molecular formula is C14H20N2O. The van der Waals surface area contributed by atoms with Crippen molar-refractivity contribution in [1.82, 2.24) is 5.32 Å². The molecule has 3 rings (SSSR count). The van der Waals surface area contributed by atoms with Gasteiger partial charge in [-0.3, -0.25) is 0 Å². The number of ether oxygens (including phenoxy) is 1. The number of rotatable bonds is 2. The van der Waals surface area contributed by atoms with Crippen molar-refractivity contribution in [3.63, 3.8) is 0 Å². The van der Waals surface area contributed by atoms with Crippen LogP contribution < -0.4 is 15.0 Å². The minimum atomic E-state index is 0.620. The van der Waals surface area contributed by atoms with E-state index in [1.54, 1.807) is 0 Å². The molecule has 0 radical (unpaired) electrons. The first-order chi connectivity index (χ1) is 8.40. The van der Waals surface area contributed by atoms with Gasteiger partial charge >= 0.3 is 0 Å². The predicted molar refractivity (Wildman–Crippen MR) is 69.9 cm³/mol. The Labute approximate surface area is 103 Å². The molecule has 3 nitrogen and oxygen atoms in total. The van der Waals surface area contributed by atoms with Gasteiger partial charge in [0.15, 0.2) is 0 Å². The van der Waals surface area contributed by atoms with Crippen molar-refractivity contribution in [3.05, 3.63) is 23.8 Å². The van der Waals surface area contributed by atoms with Crippen LogP contribution in [0.2, 0.25) is 0 Å². The molecule has 1 aromatic carbocycles. The first-order valence-corrected chi connectivity index (χ1v) is 6.62. The Morgan fingerprint density at radius 1 is 1.47 bits per heavy atom. The summed E-state index contributed by atoms with van der Waals surface area (Å²) in [5, 5.41) is 3.52. The van der Waals surface area contributed by atoms with Gasteiger partial charge in [-0.25, -0.2) is 0 Å².